The first-order chi connectivity index (χ1) is 22.2. The Morgan fingerprint density at radius 2 is 1.63 bits per heavy atom. The number of amides is 1. The molecule has 1 amide bonds. The molecule has 256 valence electrons. The van der Waals surface area contributed by atoms with Crippen molar-refractivity contribution in [1.82, 2.24) is 14.9 Å². The van der Waals surface area contributed by atoms with Crippen LogP contribution >= 0.6 is 0 Å². The number of aromatic nitrogens is 2. The number of likely N-dealkylation sites (tertiary alicyclic amines) is 1. The number of rotatable bonds is 18. The molecule has 13 heteroatoms. The van der Waals surface area contributed by atoms with Crippen LogP contribution in [0.25, 0.3) is 0 Å². The monoisotopic (exact) mass is 648 g/mol. The van der Waals surface area contributed by atoms with Crippen LogP contribution < -0.4 is 14.4 Å². The van der Waals surface area contributed by atoms with Crippen LogP contribution in [0.2, 0.25) is 0 Å². The molecule has 4 rings (SSSR count). The predicted molar refractivity (Wildman–Crippen MR) is 168 cm³/mol. The highest BCUT2D eigenvalue weighted by Gasteiger charge is 2.32. The topological polar surface area (TPSA) is 169 Å². The van der Waals surface area contributed by atoms with Crippen molar-refractivity contribution in [3.8, 4) is 11.5 Å². The SMILES string of the molecule is CCOc1cnc(N2CCC(CCCOc3ccc(CC(=O)N4CC(CCC[C@H](O)[C@@H](O)[C@H](O)[C@H](O)CO)C4)c(F)c3)CC2)nc1. The Morgan fingerprint density at radius 3 is 2.28 bits per heavy atom. The average molecular weight is 649 g/mol. The quantitative estimate of drug-likeness (QED) is 0.149. The second-order valence-corrected chi connectivity index (χ2v) is 12.4. The summed E-state index contributed by atoms with van der Waals surface area (Å²) in [6, 6.07) is 4.65. The van der Waals surface area contributed by atoms with E-state index < -0.39 is 36.8 Å². The van der Waals surface area contributed by atoms with Gasteiger partial charge in [0.05, 0.1) is 44.7 Å². The van der Waals surface area contributed by atoms with Crippen molar-refractivity contribution < 1.29 is 44.2 Å². The van der Waals surface area contributed by atoms with Gasteiger partial charge < -0.3 is 44.8 Å². The molecule has 0 bridgehead atoms. The number of aliphatic hydroxyl groups excluding tert-OH is 5. The van der Waals surface area contributed by atoms with Crippen LogP contribution in [0.1, 0.15) is 57.4 Å². The second kappa shape index (κ2) is 17.7. The summed E-state index contributed by atoms with van der Waals surface area (Å²) in [6.45, 7) is 5.19. The van der Waals surface area contributed by atoms with Crippen LogP contribution in [0.4, 0.5) is 10.3 Å². The lowest BCUT2D eigenvalue weighted by atomic mass is 9.91. The third-order valence-electron chi connectivity index (χ3n) is 8.96. The first-order valence-electron chi connectivity index (χ1n) is 16.4. The maximum absolute atomic E-state index is 14.8. The molecule has 2 aromatic rings. The number of aliphatic hydroxyl groups is 5. The van der Waals surface area contributed by atoms with Gasteiger partial charge in [-0.1, -0.05) is 12.5 Å². The van der Waals surface area contributed by atoms with Crippen molar-refractivity contribution in [3.63, 3.8) is 0 Å². The van der Waals surface area contributed by atoms with Crippen molar-refractivity contribution >= 4 is 11.9 Å². The van der Waals surface area contributed by atoms with Gasteiger partial charge >= 0.3 is 0 Å². The third kappa shape index (κ3) is 10.2. The first-order valence-corrected chi connectivity index (χ1v) is 16.4. The number of carbonyl (C=O) groups excluding carboxylic acids is 1. The Kier molecular flexibility index (Phi) is 13.8. The molecule has 0 saturated carbocycles. The van der Waals surface area contributed by atoms with E-state index in [4.69, 9.17) is 14.6 Å². The maximum Gasteiger partial charge on any atom is 0.227 e. The van der Waals surface area contributed by atoms with Gasteiger partial charge in [0.2, 0.25) is 11.9 Å². The smallest absolute Gasteiger partial charge is 0.227 e. The number of ether oxygens (including phenoxy) is 2. The first kappa shape index (κ1) is 35.7. The molecule has 0 unspecified atom stereocenters. The number of piperidine rings is 1. The van der Waals surface area contributed by atoms with E-state index in [-0.39, 0.29) is 24.7 Å². The highest BCUT2D eigenvalue weighted by molar-refractivity contribution is 5.79. The van der Waals surface area contributed by atoms with Gasteiger partial charge in [0.15, 0.2) is 5.75 Å². The summed E-state index contributed by atoms with van der Waals surface area (Å²) in [4.78, 5) is 25.4. The van der Waals surface area contributed by atoms with Crippen LogP contribution in [0.3, 0.4) is 0 Å². The molecule has 0 spiro atoms. The van der Waals surface area contributed by atoms with Crippen LogP contribution in [0.15, 0.2) is 30.6 Å². The summed E-state index contributed by atoms with van der Waals surface area (Å²) in [5.41, 5.74) is 0.324. The summed E-state index contributed by atoms with van der Waals surface area (Å²) in [7, 11) is 0. The van der Waals surface area contributed by atoms with Gasteiger partial charge in [-0.3, -0.25) is 4.79 Å². The number of halogens is 1. The molecule has 5 N–H and O–H groups in total. The van der Waals surface area contributed by atoms with E-state index in [2.05, 4.69) is 14.9 Å². The lowest BCUT2D eigenvalue weighted by molar-refractivity contribution is -0.137. The molecule has 2 aliphatic heterocycles. The number of nitrogens with zero attached hydrogens (tertiary/aromatic N) is 4. The molecule has 3 heterocycles. The summed E-state index contributed by atoms with van der Waals surface area (Å²) in [6.07, 6.45) is 2.93. The molecule has 2 saturated heterocycles. The number of anilines is 1. The van der Waals surface area contributed by atoms with Gasteiger partial charge in [0, 0.05) is 32.2 Å². The van der Waals surface area contributed by atoms with Crippen LogP contribution in [0.5, 0.6) is 11.5 Å². The van der Waals surface area contributed by atoms with Crippen molar-refractivity contribution in [2.24, 2.45) is 11.8 Å². The van der Waals surface area contributed by atoms with Crippen LogP contribution in [0, 0.1) is 17.7 Å². The normalized spacial score (nSPS) is 18.5. The van der Waals surface area contributed by atoms with Gasteiger partial charge in [-0.25, -0.2) is 14.4 Å². The Balaban J connectivity index is 1.08. The number of hydrogen-bond acceptors (Lipinski definition) is 11. The Labute approximate surface area is 269 Å². The molecular formula is C33H49FN4O8. The van der Waals surface area contributed by atoms with E-state index in [1.165, 1.54) is 6.07 Å². The van der Waals surface area contributed by atoms with Gasteiger partial charge in [-0.2, -0.15) is 0 Å². The number of hydrogen-bond donors (Lipinski definition) is 5. The van der Waals surface area contributed by atoms with Gasteiger partial charge in [0.1, 0.15) is 29.9 Å². The molecule has 0 aliphatic carbocycles. The van der Waals surface area contributed by atoms with E-state index in [1.807, 2.05) is 6.92 Å². The highest BCUT2D eigenvalue weighted by Crippen LogP contribution is 2.27. The molecule has 12 nitrogen and oxygen atoms in total. The molecular weight excluding hydrogens is 599 g/mol. The molecule has 46 heavy (non-hydrogen) atoms. The summed E-state index contributed by atoms with van der Waals surface area (Å²) < 4.78 is 26.0. The minimum atomic E-state index is -1.63. The molecule has 2 aliphatic rings. The Hall–Kier alpha value is -3.10. The van der Waals surface area contributed by atoms with Crippen molar-refractivity contribution in [2.45, 2.75) is 82.7 Å². The average Bonchev–Trinajstić information content (AvgIpc) is 3.04. The lowest BCUT2D eigenvalue weighted by Crippen LogP contribution is -2.50. The predicted octanol–water partition coefficient (Wildman–Crippen LogP) is 1.70. The number of carbonyl (C=O) groups is 1. The van der Waals surface area contributed by atoms with Gasteiger partial charge in [-0.15, -0.1) is 0 Å². The molecule has 1 aromatic carbocycles. The van der Waals surface area contributed by atoms with Crippen molar-refractivity contribution in [1.29, 1.82) is 0 Å². The minimum Gasteiger partial charge on any atom is -0.493 e. The van der Waals surface area contributed by atoms with E-state index >= 15 is 0 Å². The highest BCUT2D eigenvalue weighted by atomic mass is 19.1. The Morgan fingerprint density at radius 1 is 0.957 bits per heavy atom. The maximum atomic E-state index is 14.8. The molecule has 0 radical (unpaired) electrons. The fourth-order valence-corrected chi connectivity index (χ4v) is 6.04. The summed E-state index contributed by atoms with van der Waals surface area (Å²) >= 11 is 0. The van der Waals surface area contributed by atoms with E-state index in [9.17, 15) is 29.6 Å². The lowest BCUT2D eigenvalue weighted by Gasteiger charge is -2.39. The number of benzene rings is 1. The van der Waals surface area contributed by atoms with Crippen molar-refractivity contribution in [2.75, 3.05) is 50.9 Å². The summed E-state index contributed by atoms with van der Waals surface area (Å²) in [5.74, 6) is 2.07. The Bertz CT molecular complexity index is 1210. The fourth-order valence-electron chi connectivity index (χ4n) is 6.04. The van der Waals surface area contributed by atoms with E-state index in [1.54, 1.807) is 29.4 Å². The zero-order chi connectivity index (χ0) is 33.1. The second-order valence-electron chi connectivity index (χ2n) is 12.4. The van der Waals surface area contributed by atoms with E-state index in [0.29, 0.717) is 62.1 Å². The zero-order valence-corrected chi connectivity index (χ0v) is 26.6. The standard InChI is InChI=1S/C33H49FN4O8/c1-2-45-26-17-35-33(36-18-26)37-12-10-22(11-13-37)6-4-14-46-25-9-8-24(27(34)16-25)15-30(42)38-19-23(20-38)5-3-7-28(40)31(43)32(44)29(41)21-39/h8-9,16-18,22-23,28-29,31-32,39-41,43-44H,2-7,10-15,19-21H2,1H3/t28-,29+,31+,32+/m0/s1. The fraction of sp³-hybridized carbons (Fsp3) is 0.667. The minimum absolute atomic E-state index is 0.0325. The largest absolute Gasteiger partial charge is 0.493 e. The zero-order valence-electron chi connectivity index (χ0n) is 26.6. The van der Waals surface area contributed by atoms with Crippen LogP contribution in [-0.4, -0.2) is 117 Å². The van der Waals surface area contributed by atoms with Gasteiger partial charge in [0.25, 0.3) is 0 Å². The molecule has 4 atom stereocenters. The third-order valence-corrected chi connectivity index (χ3v) is 8.96. The van der Waals surface area contributed by atoms with Gasteiger partial charge in [-0.05, 0) is 68.9 Å². The van der Waals surface area contributed by atoms with Crippen LogP contribution in [-0.2, 0) is 11.2 Å². The molecule has 2 fully saturated rings. The van der Waals surface area contributed by atoms with Crippen molar-refractivity contribution in [3.05, 3.63) is 42.0 Å². The van der Waals surface area contributed by atoms with E-state index in [0.717, 1.165) is 44.7 Å². The molecule has 1 aromatic heterocycles. The summed E-state index contributed by atoms with van der Waals surface area (Å²) in [5, 5.41) is 47.9.